The molecule has 0 aromatic rings. The Balaban J connectivity index is 4.28. The van der Waals surface area contributed by atoms with Crippen LogP contribution in [0.4, 0.5) is 0 Å². The summed E-state index contributed by atoms with van der Waals surface area (Å²) in [6.45, 7) is 6.89. The number of carbonyl (C=O) groups is 1. The molecule has 0 saturated carbocycles. The van der Waals surface area contributed by atoms with E-state index in [4.69, 9.17) is 0 Å². The second kappa shape index (κ2) is 46.8. The molecule has 0 aromatic heterocycles. The van der Waals surface area contributed by atoms with Gasteiger partial charge in [-0.1, -0.05) is 297 Å². The molecule has 0 rings (SSSR count). The van der Waals surface area contributed by atoms with Crippen molar-refractivity contribution < 1.29 is 9.90 Å². The van der Waals surface area contributed by atoms with Crippen LogP contribution in [0.3, 0.4) is 0 Å². The minimum absolute atomic E-state index is 0.226. The van der Waals surface area contributed by atoms with Gasteiger partial charge in [-0.2, -0.15) is 0 Å². The van der Waals surface area contributed by atoms with Gasteiger partial charge in [0, 0.05) is 11.9 Å². The average molecular weight is 760 g/mol. The third-order valence-electron chi connectivity index (χ3n) is 12.8. The summed E-state index contributed by atoms with van der Waals surface area (Å²) in [5, 5.41) is 12.5. The number of unbranched alkanes of at least 4 members (excludes halogenated alkanes) is 40. The molecule has 0 spiro atoms. The Hall–Kier alpha value is -0.530. The molecule has 0 radical (unpaired) electrons. The van der Waals surface area contributed by atoms with Crippen LogP contribution in [0.1, 0.15) is 316 Å². The van der Waals surface area contributed by atoms with Crippen molar-refractivity contribution in [2.45, 2.75) is 316 Å². The number of aliphatic carboxylic acids is 1. The van der Waals surface area contributed by atoms with Gasteiger partial charge < -0.3 is 9.90 Å². The van der Waals surface area contributed by atoms with E-state index in [9.17, 15) is 9.90 Å². The summed E-state index contributed by atoms with van der Waals surface area (Å²) in [5.74, 6) is -0.645. The van der Waals surface area contributed by atoms with Crippen LogP contribution in [0.15, 0.2) is 0 Å². The summed E-state index contributed by atoms with van der Waals surface area (Å²) < 4.78 is 0. The highest BCUT2D eigenvalue weighted by atomic mass is 16.4. The molecule has 0 aliphatic rings. The van der Waals surface area contributed by atoms with Crippen molar-refractivity contribution in [3.8, 4) is 0 Å². The predicted molar refractivity (Wildman–Crippen MR) is 241 cm³/mol. The lowest BCUT2D eigenvalue weighted by Crippen LogP contribution is -2.36. The maximum absolute atomic E-state index is 12.5. The van der Waals surface area contributed by atoms with Crippen molar-refractivity contribution in [3.63, 3.8) is 0 Å². The number of hydrogen-bond donors (Lipinski definition) is 0. The van der Waals surface area contributed by atoms with Gasteiger partial charge in [0.25, 0.3) is 0 Å². The SMILES string of the molecule is CCCCCCCCCCCCCCCCCCCC(CCCCCCCCCCCCCC)C(CCCCCCCCCCCCCCCC)C(=O)[O-]. The Kier molecular flexibility index (Phi) is 46.4. The maximum Gasteiger partial charge on any atom is 0.0448 e. The summed E-state index contributed by atoms with van der Waals surface area (Å²) in [7, 11) is 0. The van der Waals surface area contributed by atoms with Gasteiger partial charge in [0.2, 0.25) is 0 Å². The molecule has 0 aliphatic carbocycles. The van der Waals surface area contributed by atoms with Crippen LogP contribution in [0, 0.1) is 11.8 Å². The highest BCUT2D eigenvalue weighted by Gasteiger charge is 2.22. The lowest BCUT2D eigenvalue weighted by Gasteiger charge is -2.28. The molecule has 2 nitrogen and oxygen atoms in total. The lowest BCUT2D eigenvalue weighted by molar-refractivity contribution is -0.313. The minimum Gasteiger partial charge on any atom is -0.550 e. The van der Waals surface area contributed by atoms with E-state index in [1.807, 2.05) is 0 Å². The first-order chi connectivity index (χ1) is 26.7. The van der Waals surface area contributed by atoms with E-state index >= 15 is 0 Å². The predicted octanol–water partition coefficient (Wildman–Crippen LogP) is 18.0. The van der Waals surface area contributed by atoms with Crippen molar-refractivity contribution in [1.82, 2.24) is 0 Å². The molecule has 54 heavy (non-hydrogen) atoms. The fraction of sp³-hybridized carbons (Fsp3) is 0.981. The van der Waals surface area contributed by atoms with E-state index in [1.165, 1.54) is 270 Å². The van der Waals surface area contributed by atoms with Gasteiger partial charge in [0.05, 0.1) is 0 Å². The quantitative estimate of drug-likeness (QED) is 0.0580. The fourth-order valence-electron chi connectivity index (χ4n) is 9.03. The normalized spacial score (nSPS) is 12.8. The van der Waals surface area contributed by atoms with E-state index in [2.05, 4.69) is 20.8 Å². The standard InChI is InChI=1S/C52H104O2/c1-4-7-10-13-16-19-22-25-27-28-29-30-33-36-39-42-45-48-50(47-44-41-38-35-32-24-21-18-15-12-9-6-3)51(52(53)54)49-46-43-40-37-34-31-26-23-20-17-14-11-8-5-2/h50-51H,4-49H2,1-3H3,(H,53,54)/p-1. The van der Waals surface area contributed by atoms with E-state index in [0.717, 1.165) is 25.7 Å². The summed E-state index contributed by atoms with van der Waals surface area (Å²) in [5.41, 5.74) is 0. The van der Waals surface area contributed by atoms with Gasteiger partial charge in [0.1, 0.15) is 0 Å². The van der Waals surface area contributed by atoms with Crippen LogP contribution in [0.5, 0.6) is 0 Å². The largest absolute Gasteiger partial charge is 0.550 e. The highest BCUT2D eigenvalue weighted by Crippen LogP contribution is 2.30. The molecule has 0 aromatic carbocycles. The molecule has 324 valence electrons. The molecular weight excluding hydrogens is 657 g/mol. The third kappa shape index (κ3) is 41.1. The van der Waals surface area contributed by atoms with Gasteiger partial charge in [-0.05, 0) is 25.2 Å². The number of carboxylic acids is 1. The van der Waals surface area contributed by atoms with Crippen LogP contribution in [0.25, 0.3) is 0 Å². The Morgan fingerprint density at radius 3 is 0.630 bits per heavy atom. The van der Waals surface area contributed by atoms with Gasteiger partial charge in [-0.15, -0.1) is 0 Å². The van der Waals surface area contributed by atoms with Gasteiger partial charge in [-0.3, -0.25) is 0 Å². The summed E-state index contributed by atoms with van der Waals surface area (Å²) >= 11 is 0. The van der Waals surface area contributed by atoms with E-state index in [-0.39, 0.29) is 5.92 Å². The first-order valence-corrected chi connectivity index (χ1v) is 25.9. The van der Waals surface area contributed by atoms with Crippen molar-refractivity contribution in [2.24, 2.45) is 11.8 Å². The van der Waals surface area contributed by atoms with Crippen molar-refractivity contribution in [2.75, 3.05) is 0 Å². The average Bonchev–Trinajstić information content (AvgIpc) is 3.17. The molecule has 2 heteroatoms. The summed E-state index contributed by atoms with van der Waals surface area (Å²) in [6.07, 6.45) is 62.1. The molecule has 0 aliphatic heterocycles. The number of rotatable bonds is 48. The topological polar surface area (TPSA) is 40.1 Å². The molecule has 2 atom stereocenters. The molecule has 0 heterocycles. The molecule has 0 fully saturated rings. The fourth-order valence-corrected chi connectivity index (χ4v) is 9.03. The van der Waals surface area contributed by atoms with Gasteiger partial charge in [0.15, 0.2) is 0 Å². The Morgan fingerprint density at radius 1 is 0.278 bits per heavy atom. The Morgan fingerprint density at radius 2 is 0.444 bits per heavy atom. The smallest absolute Gasteiger partial charge is 0.0448 e. The highest BCUT2D eigenvalue weighted by molar-refractivity contribution is 5.67. The zero-order valence-corrected chi connectivity index (χ0v) is 38.0. The molecule has 0 amide bonds. The second-order valence-electron chi connectivity index (χ2n) is 18.2. The monoisotopic (exact) mass is 760 g/mol. The molecular formula is C52H103O2-. The summed E-state index contributed by atoms with van der Waals surface area (Å²) in [6, 6.07) is 0. The van der Waals surface area contributed by atoms with Crippen molar-refractivity contribution in [1.29, 1.82) is 0 Å². The molecule has 2 unspecified atom stereocenters. The van der Waals surface area contributed by atoms with E-state index in [0.29, 0.717) is 5.92 Å². The first-order valence-electron chi connectivity index (χ1n) is 25.9. The second-order valence-corrected chi connectivity index (χ2v) is 18.2. The third-order valence-corrected chi connectivity index (χ3v) is 12.8. The van der Waals surface area contributed by atoms with Gasteiger partial charge in [-0.25, -0.2) is 0 Å². The van der Waals surface area contributed by atoms with Crippen LogP contribution >= 0.6 is 0 Å². The first kappa shape index (κ1) is 53.5. The summed E-state index contributed by atoms with van der Waals surface area (Å²) in [4.78, 5) is 12.5. The molecule has 0 N–H and O–H groups in total. The zero-order valence-electron chi connectivity index (χ0n) is 38.0. The minimum atomic E-state index is -0.749. The van der Waals surface area contributed by atoms with Crippen molar-refractivity contribution in [3.05, 3.63) is 0 Å². The van der Waals surface area contributed by atoms with Crippen LogP contribution in [0.2, 0.25) is 0 Å². The molecule has 0 saturated heterocycles. The lowest BCUT2D eigenvalue weighted by atomic mass is 9.80. The van der Waals surface area contributed by atoms with Crippen LogP contribution in [-0.4, -0.2) is 5.97 Å². The molecule has 0 bridgehead atoms. The van der Waals surface area contributed by atoms with Gasteiger partial charge >= 0.3 is 0 Å². The number of carboxylic acid groups (broad SMARTS) is 1. The van der Waals surface area contributed by atoms with Crippen molar-refractivity contribution >= 4 is 5.97 Å². The maximum atomic E-state index is 12.5. The zero-order chi connectivity index (χ0) is 39.3. The van der Waals surface area contributed by atoms with E-state index in [1.54, 1.807) is 0 Å². The Labute approximate surface area is 342 Å². The van der Waals surface area contributed by atoms with E-state index < -0.39 is 5.97 Å². The number of carbonyl (C=O) groups excluding carboxylic acids is 1. The number of hydrogen-bond acceptors (Lipinski definition) is 2. The Bertz CT molecular complexity index is 688. The van der Waals surface area contributed by atoms with Crippen LogP contribution in [-0.2, 0) is 4.79 Å². The van der Waals surface area contributed by atoms with Crippen LogP contribution < -0.4 is 5.11 Å².